The molecule has 26 heavy (non-hydrogen) atoms. The molecule has 136 valence electrons. The van der Waals surface area contributed by atoms with Gasteiger partial charge in [0.1, 0.15) is 6.04 Å². The van der Waals surface area contributed by atoms with Crippen molar-refractivity contribution in [3.63, 3.8) is 0 Å². The molecule has 7 nitrogen and oxygen atoms in total. The summed E-state index contributed by atoms with van der Waals surface area (Å²) < 4.78 is 0. The van der Waals surface area contributed by atoms with E-state index in [-0.39, 0.29) is 17.2 Å². The van der Waals surface area contributed by atoms with Crippen LogP contribution in [0.4, 0.5) is 5.69 Å². The minimum absolute atomic E-state index is 0.105. The number of nitro groups is 1. The Morgan fingerprint density at radius 3 is 2.08 bits per heavy atom. The number of benzene rings is 2. The number of non-ortho nitro benzene ring substituents is 1. The van der Waals surface area contributed by atoms with Crippen LogP contribution in [0, 0.1) is 10.1 Å². The van der Waals surface area contributed by atoms with Crippen LogP contribution in [0.1, 0.15) is 42.7 Å². The highest BCUT2D eigenvalue weighted by atomic mass is 16.6. The number of nitrogens with one attached hydrogen (secondary N) is 2. The topological polar surface area (TPSA) is 101 Å². The summed E-state index contributed by atoms with van der Waals surface area (Å²) in [5, 5.41) is 16.3. The highest BCUT2D eigenvalue weighted by molar-refractivity contribution is 5.98. The van der Waals surface area contributed by atoms with E-state index >= 15 is 0 Å². The van der Waals surface area contributed by atoms with Crippen LogP contribution >= 0.6 is 0 Å². The molecule has 0 aliphatic carbocycles. The summed E-state index contributed by atoms with van der Waals surface area (Å²) in [4.78, 5) is 35.4. The molecule has 1 unspecified atom stereocenters. The van der Waals surface area contributed by atoms with Crippen LogP contribution in [0.5, 0.6) is 0 Å². The Bertz CT molecular complexity index is 796. The van der Waals surface area contributed by atoms with E-state index in [9.17, 15) is 19.7 Å². The normalized spacial score (nSPS) is 12.1. The maximum absolute atomic E-state index is 12.7. The third-order valence-corrected chi connectivity index (χ3v) is 3.51. The van der Waals surface area contributed by atoms with Crippen LogP contribution in [0.3, 0.4) is 0 Å². The summed E-state index contributed by atoms with van der Waals surface area (Å²) in [6.07, 6.45) is 0. The SMILES string of the molecule is CC(C)(C)NC(=O)C(NC(=O)c1ccc([N+](=O)[O-])cc1)c1ccccc1. The minimum atomic E-state index is -0.877. The molecule has 0 heterocycles. The van der Waals surface area contributed by atoms with Gasteiger partial charge in [-0.2, -0.15) is 0 Å². The average molecular weight is 355 g/mol. The summed E-state index contributed by atoms with van der Waals surface area (Å²) >= 11 is 0. The van der Waals surface area contributed by atoms with Gasteiger partial charge in [0, 0.05) is 23.2 Å². The number of carbonyl (C=O) groups is 2. The molecule has 0 aliphatic heterocycles. The van der Waals surface area contributed by atoms with Crippen LogP contribution in [0.25, 0.3) is 0 Å². The van der Waals surface area contributed by atoms with E-state index < -0.39 is 22.4 Å². The van der Waals surface area contributed by atoms with Gasteiger partial charge in [-0.05, 0) is 38.5 Å². The molecule has 0 spiro atoms. The van der Waals surface area contributed by atoms with Crippen LogP contribution in [-0.2, 0) is 4.79 Å². The first-order chi connectivity index (χ1) is 12.2. The fourth-order valence-corrected chi connectivity index (χ4v) is 2.34. The maximum Gasteiger partial charge on any atom is 0.269 e. The van der Waals surface area contributed by atoms with Gasteiger partial charge in [-0.15, -0.1) is 0 Å². The lowest BCUT2D eigenvalue weighted by Gasteiger charge is -2.25. The predicted molar refractivity (Wildman–Crippen MR) is 97.6 cm³/mol. The Labute approximate surface area is 151 Å². The predicted octanol–water partition coefficient (Wildman–Crippen LogP) is 2.98. The second-order valence-electron chi connectivity index (χ2n) is 6.86. The molecule has 2 aromatic rings. The molecule has 2 rings (SSSR count). The van der Waals surface area contributed by atoms with Crippen LogP contribution in [0.15, 0.2) is 54.6 Å². The van der Waals surface area contributed by atoms with E-state index in [4.69, 9.17) is 0 Å². The Morgan fingerprint density at radius 2 is 1.58 bits per heavy atom. The van der Waals surface area contributed by atoms with Crippen molar-refractivity contribution in [1.82, 2.24) is 10.6 Å². The third-order valence-electron chi connectivity index (χ3n) is 3.51. The van der Waals surface area contributed by atoms with Gasteiger partial charge in [-0.25, -0.2) is 0 Å². The van der Waals surface area contributed by atoms with Crippen molar-refractivity contribution in [2.45, 2.75) is 32.4 Å². The molecule has 0 aliphatic rings. The fraction of sp³-hybridized carbons (Fsp3) is 0.263. The van der Waals surface area contributed by atoms with Gasteiger partial charge in [0.15, 0.2) is 0 Å². The zero-order chi connectivity index (χ0) is 19.3. The summed E-state index contributed by atoms with van der Waals surface area (Å²) in [6, 6.07) is 13.2. The number of amides is 2. The summed E-state index contributed by atoms with van der Waals surface area (Å²) in [6.45, 7) is 5.56. The number of hydrogen-bond acceptors (Lipinski definition) is 4. The largest absolute Gasteiger partial charge is 0.349 e. The van der Waals surface area contributed by atoms with Crippen molar-refractivity contribution in [3.05, 3.63) is 75.8 Å². The third kappa shape index (κ3) is 5.14. The highest BCUT2D eigenvalue weighted by Crippen LogP contribution is 2.17. The Morgan fingerprint density at radius 1 is 1.00 bits per heavy atom. The molecule has 2 aromatic carbocycles. The van der Waals surface area contributed by atoms with E-state index in [1.54, 1.807) is 24.3 Å². The molecule has 7 heteroatoms. The van der Waals surface area contributed by atoms with Gasteiger partial charge >= 0.3 is 0 Å². The zero-order valence-electron chi connectivity index (χ0n) is 14.9. The number of nitrogens with zero attached hydrogens (tertiary/aromatic N) is 1. The van der Waals surface area contributed by atoms with E-state index in [1.807, 2.05) is 26.8 Å². The van der Waals surface area contributed by atoms with Gasteiger partial charge in [-0.1, -0.05) is 30.3 Å². The van der Waals surface area contributed by atoms with Crippen LogP contribution < -0.4 is 10.6 Å². The molecule has 0 fully saturated rings. The van der Waals surface area contributed by atoms with E-state index in [0.717, 1.165) is 0 Å². The molecule has 2 N–H and O–H groups in total. The van der Waals surface area contributed by atoms with Gasteiger partial charge in [-0.3, -0.25) is 19.7 Å². The monoisotopic (exact) mass is 355 g/mol. The standard InChI is InChI=1S/C19H21N3O4/c1-19(2,3)21-18(24)16(13-7-5-4-6-8-13)20-17(23)14-9-11-15(12-10-14)22(25)26/h4-12,16H,1-3H3,(H,20,23)(H,21,24). The van der Waals surface area contributed by atoms with Crippen LogP contribution in [0.2, 0.25) is 0 Å². The minimum Gasteiger partial charge on any atom is -0.349 e. The number of carbonyl (C=O) groups excluding carboxylic acids is 2. The van der Waals surface area contributed by atoms with Crippen molar-refractivity contribution < 1.29 is 14.5 Å². The number of nitro benzene ring substituents is 1. The molecular weight excluding hydrogens is 334 g/mol. The smallest absolute Gasteiger partial charge is 0.269 e. The maximum atomic E-state index is 12.7. The van der Waals surface area contributed by atoms with Gasteiger partial charge in [0.05, 0.1) is 4.92 Å². The van der Waals surface area contributed by atoms with Gasteiger partial charge < -0.3 is 10.6 Å². The number of hydrogen-bond donors (Lipinski definition) is 2. The summed E-state index contributed by atoms with van der Waals surface area (Å²) in [5.74, 6) is -0.822. The van der Waals surface area contributed by atoms with E-state index in [1.165, 1.54) is 24.3 Å². The first-order valence-electron chi connectivity index (χ1n) is 8.10. The van der Waals surface area contributed by atoms with Crippen LogP contribution in [-0.4, -0.2) is 22.3 Å². The van der Waals surface area contributed by atoms with Crippen molar-refractivity contribution in [1.29, 1.82) is 0 Å². The first kappa shape index (κ1) is 19.1. The quantitative estimate of drug-likeness (QED) is 0.636. The Hall–Kier alpha value is -3.22. The number of rotatable bonds is 5. The van der Waals surface area contributed by atoms with Crippen molar-refractivity contribution >= 4 is 17.5 Å². The Kier molecular flexibility index (Phi) is 5.71. The Balaban J connectivity index is 2.24. The fourth-order valence-electron chi connectivity index (χ4n) is 2.34. The summed E-state index contributed by atoms with van der Waals surface area (Å²) in [7, 11) is 0. The molecular formula is C19H21N3O4. The van der Waals surface area contributed by atoms with Gasteiger partial charge in [0.25, 0.3) is 11.6 Å². The molecule has 0 bridgehead atoms. The summed E-state index contributed by atoms with van der Waals surface area (Å²) in [5.41, 5.74) is 0.318. The van der Waals surface area contributed by atoms with E-state index in [0.29, 0.717) is 5.56 Å². The van der Waals surface area contributed by atoms with Crippen molar-refractivity contribution in [2.75, 3.05) is 0 Å². The van der Waals surface area contributed by atoms with Crippen molar-refractivity contribution in [2.24, 2.45) is 0 Å². The molecule has 0 saturated carbocycles. The second kappa shape index (κ2) is 7.77. The van der Waals surface area contributed by atoms with E-state index in [2.05, 4.69) is 10.6 Å². The lowest BCUT2D eigenvalue weighted by atomic mass is 10.0. The molecule has 0 radical (unpaired) electrons. The lowest BCUT2D eigenvalue weighted by Crippen LogP contribution is -2.47. The molecule has 1 atom stereocenters. The van der Waals surface area contributed by atoms with Crippen molar-refractivity contribution in [3.8, 4) is 0 Å². The van der Waals surface area contributed by atoms with Gasteiger partial charge in [0.2, 0.25) is 5.91 Å². The molecule has 0 aromatic heterocycles. The molecule has 2 amide bonds. The second-order valence-corrected chi connectivity index (χ2v) is 6.86. The first-order valence-corrected chi connectivity index (χ1v) is 8.10. The zero-order valence-corrected chi connectivity index (χ0v) is 14.9. The molecule has 0 saturated heterocycles. The lowest BCUT2D eigenvalue weighted by molar-refractivity contribution is -0.384. The highest BCUT2D eigenvalue weighted by Gasteiger charge is 2.26. The average Bonchev–Trinajstić information content (AvgIpc) is 2.58.